The maximum Gasteiger partial charge on any atom is 0.252 e. The van der Waals surface area contributed by atoms with Gasteiger partial charge >= 0.3 is 0 Å². The third-order valence-corrected chi connectivity index (χ3v) is 5.67. The molecule has 164 valence electrons. The third-order valence-electron chi connectivity index (χ3n) is 5.67. The number of pyridine rings is 1. The predicted molar refractivity (Wildman–Crippen MR) is 128 cm³/mol. The average Bonchev–Trinajstić information content (AvgIpc) is 3.42. The summed E-state index contributed by atoms with van der Waals surface area (Å²) in [4.78, 5) is 18.1. The van der Waals surface area contributed by atoms with Crippen LogP contribution in [0.3, 0.4) is 0 Å². The Kier molecular flexibility index (Phi) is 5.22. The van der Waals surface area contributed by atoms with Gasteiger partial charge in [0.2, 0.25) is 0 Å². The maximum absolute atomic E-state index is 13.3. The Bertz CT molecular complexity index is 1450. The predicted octanol–water partition coefficient (Wildman–Crippen LogP) is 4.37. The molecule has 0 fully saturated rings. The topological polar surface area (TPSA) is 77.6 Å². The summed E-state index contributed by atoms with van der Waals surface area (Å²) in [6.45, 7) is 4.31. The molecule has 3 aromatic heterocycles. The number of fused-ring (bicyclic) bond motifs is 1. The van der Waals surface area contributed by atoms with Gasteiger partial charge in [-0.1, -0.05) is 48.0 Å². The number of aromatic nitrogens is 5. The molecule has 0 aliphatic rings. The first-order valence-corrected chi connectivity index (χ1v) is 10.8. The van der Waals surface area contributed by atoms with Crippen LogP contribution < -0.4 is 5.32 Å². The molecule has 1 amide bonds. The first-order chi connectivity index (χ1) is 16.0. The van der Waals surface area contributed by atoms with Crippen LogP contribution in [-0.4, -0.2) is 30.5 Å². The van der Waals surface area contributed by atoms with E-state index >= 15 is 0 Å². The van der Waals surface area contributed by atoms with Crippen molar-refractivity contribution in [3.05, 3.63) is 95.4 Å². The summed E-state index contributed by atoms with van der Waals surface area (Å²) in [5.74, 6) is -0.167. The van der Waals surface area contributed by atoms with Gasteiger partial charge in [0.25, 0.3) is 5.91 Å². The Morgan fingerprint density at radius 1 is 1.03 bits per heavy atom. The van der Waals surface area contributed by atoms with Gasteiger partial charge in [-0.2, -0.15) is 10.2 Å². The van der Waals surface area contributed by atoms with Crippen molar-refractivity contribution in [2.45, 2.75) is 20.4 Å². The summed E-state index contributed by atoms with van der Waals surface area (Å²) < 4.78 is 3.52. The zero-order valence-electron chi connectivity index (χ0n) is 18.8. The van der Waals surface area contributed by atoms with Crippen LogP contribution in [0.5, 0.6) is 0 Å². The standard InChI is InChI=1S/C26H24N6O/c1-17-9-11-20(12-10-17)23-13-22(24-18(2)30-31(3)25(24)29-23)26(33)27-14-19-15-28-32(16-19)21-7-5-4-6-8-21/h4-13,15-16H,14H2,1-3H3,(H,27,33). The van der Waals surface area contributed by atoms with E-state index in [1.165, 1.54) is 5.56 Å². The zero-order chi connectivity index (χ0) is 22.9. The van der Waals surface area contributed by atoms with Crippen molar-refractivity contribution in [1.82, 2.24) is 29.9 Å². The van der Waals surface area contributed by atoms with Crippen LogP contribution in [0.1, 0.15) is 27.2 Å². The van der Waals surface area contributed by atoms with E-state index in [-0.39, 0.29) is 5.91 Å². The minimum Gasteiger partial charge on any atom is -0.348 e. The van der Waals surface area contributed by atoms with Gasteiger partial charge in [0.1, 0.15) is 0 Å². The lowest BCUT2D eigenvalue weighted by molar-refractivity contribution is 0.0952. The smallest absolute Gasteiger partial charge is 0.252 e. The van der Waals surface area contributed by atoms with Crippen molar-refractivity contribution in [2.24, 2.45) is 7.05 Å². The molecule has 0 unspecified atom stereocenters. The number of carbonyl (C=O) groups is 1. The number of nitrogens with one attached hydrogen (secondary N) is 1. The van der Waals surface area contributed by atoms with Crippen LogP contribution >= 0.6 is 0 Å². The molecule has 7 heteroatoms. The van der Waals surface area contributed by atoms with Crippen LogP contribution in [0, 0.1) is 13.8 Å². The highest BCUT2D eigenvalue weighted by molar-refractivity contribution is 6.07. The van der Waals surface area contributed by atoms with Gasteiger partial charge in [0.05, 0.1) is 34.2 Å². The Morgan fingerprint density at radius 3 is 2.55 bits per heavy atom. The molecule has 0 atom stereocenters. The van der Waals surface area contributed by atoms with E-state index in [0.717, 1.165) is 33.6 Å². The molecule has 0 aliphatic heterocycles. The van der Waals surface area contributed by atoms with Crippen LogP contribution in [-0.2, 0) is 13.6 Å². The Balaban J connectivity index is 1.45. The van der Waals surface area contributed by atoms with Gasteiger partial charge in [0.15, 0.2) is 5.65 Å². The summed E-state index contributed by atoms with van der Waals surface area (Å²) in [6, 6.07) is 19.9. The van der Waals surface area contributed by atoms with Gasteiger partial charge in [-0.3, -0.25) is 9.48 Å². The van der Waals surface area contributed by atoms with Crippen LogP contribution in [0.2, 0.25) is 0 Å². The van der Waals surface area contributed by atoms with E-state index in [0.29, 0.717) is 17.8 Å². The zero-order valence-corrected chi connectivity index (χ0v) is 18.8. The number of carbonyl (C=O) groups excluding carboxylic acids is 1. The highest BCUT2D eigenvalue weighted by Crippen LogP contribution is 2.27. The molecule has 0 radical (unpaired) electrons. The molecule has 0 spiro atoms. The molecule has 1 N–H and O–H groups in total. The monoisotopic (exact) mass is 436 g/mol. The maximum atomic E-state index is 13.3. The lowest BCUT2D eigenvalue weighted by Crippen LogP contribution is -2.23. The van der Waals surface area contributed by atoms with E-state index in [1.807, 2.05) is 87.8 Å². The number of para-hydroxylation sites is 1. The van der Waals surface area contributed by atoms with Gasteiger partial charge in [-0.25, -0.2) is 9.67 Å². The Labute approximate surface area is 191 Å². The molecule has 0 saturated heterocycles. The van der Waals surface area contributed by atoms with Crippen molar-refractivity contribution in [1.29, 1.82) is 0 Å². The lowest BCUT2D eigenvalue weighted by atomic mass is 10.0. The fourth-order valence-electron chi connectivity index (χ4n) is 3.95. The minimum absolute atomic E-state index is 0.167. The summed E-state index contributed by atoms with van der Waals surface area (Å²) in [7, 11) is 1.85. The summed E-state index contributed by atoms with van der Waals surface area (Å²) >= 11 is 0. The van der Waals surface area contributed by atoms with E-state index < -0.39 is 0 Å². The van der Waals surface area contributed by atoms with E-state index in [1.54, 1.807) is 15.6 Å². The number of hydrogen-bond acceptors (Lipinski definition) is 4. The van der Waals surface area contributed by atoms with Gasteiger partial charge in [-0.15, -0.1) is 0 Å². The molecule has 5 rings (SSSR count). The third kappa shape index (κ3) is 4.01. The summed E-state index contributed by atoms with van der Waals surface area (Å²) in [5, 5.41) is 12.7. The Morgan fingerprint density at radius 2 is 1.79 bits per heavy atom. The molecule has 7 nitrogen and oxygen atoms in total. The number of hydrogen-bond donors (Lipinski definition) is 1. The van der Waals surface area contributed by atoms with Gasteiger partial charge in [-0.05, 0) is 32.0 Å². The molecule has 0 saturated carbocycles. The highest BCUT2D eigenvalue weighted by Gasteiger charge is 2.19. The molecule has 5 aromatic rings. The minimum atomic E-state index is -0.167. The van der Waals surface area contributed by atoms with Crippen molar-refractivity contribution >= 4 is 16.9 Å². The molecule has 2 aromatic carbocycles. The number of rotatable bonds is 5. The van der Waals surface area contributed by atoms with E-state index in [4.69, 9.17) is 4.98 Å². The largest absolute Gasteiger partial charge is 0.348 e. The van der Waals surface area contributed by atoms with Crippen LogP contribution in [0.4, 0.5) is 0 Å². The quantitative estimate of drug-likeness (QED) is 0.444. The lowest BCUT2D eigenvalue weighted by Gasteiger charge is -2.09. The Hall–Kier alpha value is -4.26. The first-order valence-electron chi connectivity index (χ1n) is 10.8. The van der Waals surface area contributed by atoms with Gasteiger partial charge < -0.3 is 5.32 Å². The number of nitrogens with zero attached hydrogens (tertiary/aromatic N) is 5. The molecule has 0 aliphatic carbocycles. The normalized spacial score (nSPS) is 11.1. The van der Waals surface area contributed by atoms with Crippen LogP contribution in [0.15, 0.2) is 73.1 Å². The summed E-state index contributed by atoms with van der Waals surface area (Å²) in [6.07, 6.45) is 3.69. The average molecular weight is 437 g/mol. The second kappa shape index (κ2) is 8.35. The van der Waals surface area contributed by atoms with Crippen LogP contribution in [0.25, 0.3) is 28.0 Å². The fraction of sp³-hybridized carbons (Fsp3) is 0.154. The second-order valence-electron chi connectivity index (χ2n) is 8.14. The molecular formula is C26H24N6O. The van der Waals surface area contributed by atoms with Crippen molar-refractivity contribution < 1.29 is 4.79 Å². The highest BCUT2D eigenvalue weighted by atomic mass is 16.1. The first kappa shape index (κ1) is 20.6. The molecule has 0 bridgehead atoms. The molecule has 3 heterocycles. The fourth-order valence-corrected chi connectivity index (χ4v) is 3.95. The van der Waals surface area contributed by atoms with Crippen molar-refractivity contribution in [2.75, 3.05) is 0 Å². The van der Waals surface area contributed by atoms with E-state index in [2.05, 4.69) is 15.5 Å². The van der Waals surface area contributed by atoms with Gasteiger partial charge in [0, 0.05) is 30.9 Å². The number of benzene rings is 2. The summed E-state index contributed by atoms with van der Waals surface area (Å²) in [5.41, 5.74) is 6.79. The molecule has 33 heavy (non-hydrogen) atoms. The SMILES string of the molecule is Cc1ccc(-c2cc(C(=O)NCc3cnn(-c4ccccc4)c3)c3c(C)nn(C)c3n2)cc1. The van der Waals surface area contributed by atoms with E-state index in [9.17, 15) is 4.79 Å². The van der Waals surface area contributed by atoms with Crippen molar-refractivity contribution in [3.8, 4) is 16.9 Å². The number of amides is 1. The second-order valence-corrected chi connectivity index (χ2v) is 8.14. The molecular weight excluding hydrogens is 412 g/mol. The number of aryl methyl sites for hydroxylation is 3. The van der Waals surface area contributed by atoms with Crippen molar-refractivity contribution in [3.63, 3.8) is 0 Å².